The first-order chi connectivity index (χ1) is 11.3. The standard InChI is InChI=1S/C16H18N2O5S/c1-16(2)12(15(21)22)18-13(20)11(14(18)24-16)17-7-8-4-5-9(23-3)6-10(8)19/h4-7,11-12,14,19H,1-3H3,(H,21,22). The molecule has 24 heavy (non-hydrogen) atoms. The lowest BCUT2D eigenvalue weighted by Gasteiger charge is -2.41. The summed E-state index contributed by atoms with van der Waals surface area (Å²) in [5.74, 6) is -0.772. The van der Waals surface area contributed by atoms with E-state index in [0.29, 0.717) is 11.3 Å². The molecule has 2 aliphatic heterocycles. The Balaban J connectivity index is 1.79. The van der Waals surface area contributed by atoms with Gasteiger partial charge in [-0.05, 0) is 26.0 Å². The van der Waals surface area contributed by atoms with Crippen LogP contribution >= 0.6 is 11.8 Å². The summed E-state index contributed by atoms with van der Waals surface area (Å²) in [6.45, 7) is 3.64. The third kappa shape index (κ3) is 2.50. The number of hydrogen-bond acceptors (Lipinski definition) is 6. The minimum Gasteiger partial charge on any atom is -0.507 e. The quantitative estimate of drug-likeness (QED) is 0.628. The molecule has 128 valence electrons. The van der Waals surface area contributed by atoms with Gasteiger partial charge in [0.15, 0.2) is 6.04 Å². The predicted molar refractivity (Wildman–Crippen MR) is 89.8 cm³/mol. The summed E-state index contributed by atoms with van der Waals surface area (Å²) in [7, 11) is 1.50. The molecule has 2 heterocycles. The lowest BCUT2D eigenvalue weighted by Crippen LogP contribution is -2.64. The Morgan fingerprint density at radius 2 is 2.17 bits per heavy atom. The van der Waals surface area contributed by atoms with Crippen LogP contribution in [-0.4, -0.2) is 62.5 Å². The minimum absolute atomic E-state index is 0.00421. The van der Waals surface area contributed by atoms with Crippen molar-refractivity contribution in [3.05, 3.63) is 23.8 Å². The zero-order valence-electron chi connectivity index (χ0n) is 13.5. The Bertz CT molecular complexity index is 733. The molecular weight excluding hydrogens is 332 g/mol. The summed E-state index contributed by atoms with van der Waals surface area (Å²) in [6.07, 6.45) is 1.44. The second-order valence-corrected chi connectivity index (χ2v) is 8.02. The maximum absolute atomic E-state index is 12.3. The number of benzene rings is 1. The fraction of sp³-hybridized carbons (Fsp3) is 0.438. The van der Waals surface area contributed by atoms with E-state index in [-0.39, 0.29) is 17.0 Å². The lowest BCUT2D eigenvalue weighted by molar-refractivity contribution is -0.158. The molecule has 2 N–H and O–H groups in total. The van der Waals surface area contributed by atoms with E-state index in [2.05, 4.69) is 4.99 Å². The normalized spacial score (nSPS) is 27.9. The van der Waals surface area contributed by atoms with Crippen molar-refractivity contribution in [2.45, 2.75) is 36.1 Å². The van der Waals surface area contributed by atoms with Crippen LogP contribution in [0, 0.1) is 0 Å². The van der Waals surface area contributed by atoms with Gasteiger partial charge in [0.25, 0.3) is 5.91 Å². The molecule has 1 aromatic carbocycles. The van der Waals surface area contributed by atoms with Gasteiger partial charge in [-0.3, -0.25) is 9.79 Å². The van der Waals surface area contributed by atoms with Crippen LogP contribution in [0.5, 0.6) is 11.5 Å². The molecule has 0 radical (unpaired) electrons. The number of thioether (sulfide) groups is 1. The molecule has 3 atom stereocenters. The summed E-state index contributed by atoms with van der Waals surface area (Å²) in [4.78, 5) is 29.4. The zero-order valence-corrected chi connectivity index (χ0v) is 14.3. The number of carboxylic acids is 1. The third-order valence-corrected chi connectivity index (χ3v) is 5.82. The number of ether oxygens (including phenoxy) is 1. The zero-order chi connectivity index (χ0) is 17.6. The van der Waals surface area contributed by atoms with Gasteiger partial charge in [0.1, 0.15) is 22.9 Å². The number of aliphatic carboxylic acids is 1. The second kappa shape index (κ2) is 5.70. The van der Waals surface area contributed by atoms with Gasteiger partial charge in [0.2, 0.25) is 0 Å². The molecule has 0 spiro atoms. The fourth-order valence-electron chi connectivity index (χ4n) is 3.05. The van der Waals surface area contributed by atoms with Gasteiger partial charge in [-0.15, -0.1) is 11.8 Å². The van der Waals surface area contributed by atoms with Crippen molar-refractivity contribution >= 4 is 29.9 Å². The number of rotatable bonds is 4. The number of carbonyl (C=O) groups excluding carboxylic acids is 1. The van der Waals surface area contributed by atoms with Gasteiger partial charge in [-0.25, -0.2) is 4.79 Å². The number of phenols is 1. The van der Waals surface area contributed by atoms with Crippen LogP contribution in [0.4, 0.5) is 0 Å². The van der Waals surface area contributed by atoms with Gasteiger partial charge >= 0.3 is 5.97 Å². The second-order valence-electron chi connectivity index (χ2n) is 6.25. The number of β-lactam (4-membered cyclic amide) rings is 1. The first-order valence-corrected chi connectivity index (χ1v) is 8.27. The van der Waals surface area contributed by atoms with Crippen LogP contribution < -0.4 is 4.74 Å². The Labute approximate surface area is 143 Å². The predicted octanol–water partition coefficient (Wildman–Crippen LogP) is 1.34. The van der Waals surface area contributed by atoms with E-state index in [1.165, 1.54) is 36.1 Å². The molecule has 3 rings (SSSR count). The summed E-state index contributed by atoms with van der Waals surface area (Å²) in [5.41, 5.74) is 0.471. The average molecular weight is 350 g/mol. The molecule has 0 bridgehead atoms. The van der Waals surface area contributed by atoms with Crippen molar-refractivity contribution in [3.8, 4) is 11.5 Å². The summed E-state index contributed by atoms with van der Waals surface area (Å²) >= 11 is 1.44. The smallest absolute Gasteiger partial charge is 0.327 e. The number of amides is 1. The van der Waals surface area contributed by atoms with Crippen molar-refractivity contribution in [1.82, 2.24) is 4.90 Å². The highest BCUT2D eigenvalue weighted by atomic mass is 32.2. The van der Waals surface area contributed by atoms with Gasteiger partial charge in [0, 0.05) is 22.6 Å². The summed E-state index contributed by atoms with van der Waals surface area (Å²) in [5, 5.41) is 19.0. The molecule has 8 heteroatoms. The number of methoxy groups -OCH3 is 1. The first-order valence-electron chi connectivity index (χ1n) is 7.39. The number of nitrogens with zero attached hydrogens (tertiary/aromatic N) is 2. The largest absolute Gasteiger partial charge is 0.507 e. The third-order valence-electron chi connectivity index (χ3n) is 4.26. The average Bonchev–Trinajstić information content (AvgIpc) is 2.77. The molecule has 7 nitrogen and oxygen atoms in total. The van der Waals surface area contributed by atoms with Gasteiger partial charge in [-0.1, -0.05) is 0 Å². The molecule has 0 aliphatic carbocycles. The molecule has 2 aliphatic rings. The fourth-order valence-corrected chi connectivity index (χ4v) is 4.67. The highest BCUT2D eigenvalue weighted by Crippen LogP contribution is 2.51. The molecule has 1 amide bonds. The van der Waals surface area contributed by atoms with Crippen molar-refractivity contribution < 1.29 is 24.5 Å². The Kier molecular flexibility index (Phi) is 3.95. The van der Waals surface area contributed by atoms with Crippen LogP contribution in [0.15, 0.2) is 23.2 Å². The number of carbonyl (C=O) groups is 2. The molecule has 0 saturated carbocycles. The SMILES string of the molecule is COc1ccc(C=NC2C(=O)N3C2SC(C)(C)C3C(=O)O)c(O)c1. The number of phenolic OH excluding ortho intramolecular Hbond substituents is 1. The number of carboxylic acid groups (broad SMARTS) is 1. The van der Waals surface area contributed by atoms with E-state index in [0.717, 1.165) is 0 Å². The number of hydrogen-bond donors (Lipinski definition) is 2. The van der Waals surface area contributed by atoms with Gasteiger partial charge in [-0.2, -0.15) is 0 Å². The molecule has 0 aromatic heterocycles. The highest BCUT2D eigenvalue weighted by Gasteiger charge is 2.63. The van der Waals surface area contributed by atoms with Crippen LogP contribution in [-0.2, 0) is 9.59 Å². The van der Waals surface area contributed by atoms with E-state index >= 15 is 0 Å². The maximum atomic E-state index is 12.3. The van der Waals surface area contributed by atoms with E-state index in [4.69, 9.17) is 4.74 Å². The van der Waals surface area contributed by atoms with Crippen LogP contribution in [0.25, 0.3) is 0 Å². The van der Waals surface area contributed by atoms with Crippen LogP contribution in [0.3, 0.4) is 0 Å². The molecule has 1 aromatic rings. The highest BCUT2D eigenvalue weighted by molar-refractivity contribution is 8.01. The Morgan fingerprint density at radius 3 is 2.75 bits per heavy atom. The first kappa shape index (κ1) is 16.6. The minimum atomic E-state index is -1.00. The van der Waals surface area contributed by atoms with Crippen molar-refractivity contribution in [2.75, 3.05) is 7.11 Å². The summed E-state index contributed by atoms with van der Waals surface area (Å²) < 4.78 is 4.44. The molecule has 3 unspecified atom stereocenters. The lowest BCUT2D eigenvalue weighted by atomic mass is 9.96. The number of aliphatic imine (C=N–C) groups is 1. The van der Waals surface area contributed by atoms with Crippen molar-refractivity contribution in [1.29, 1.82) is 0 Å². The van der Waals surface area contributed by atoms with Crippen LogP contribution in [0.1, 0.15) is 19.4 Å². The maximum Gasteiger partial charge on any atom is 0.327 e. The van der Waals surface area contributed by atoms with E-state index < -0.39 is 22.8 Å². The molecule has 2 fully saturated rings. The summed E-state index contributed by atoms with van der Waals surface area (Å²) in [6, 6.07) is 3.32. The van der Waals surface area contributed by atoms with E-state index in [1.807, 2.05) is 13.8 Å². The van der Waals surface area contributed by atoms with Gasteiger partial charge in [0.05, 0.1) is 7.11 Å². The monoisotopic (exact) mass is 350 g/mol. The van der Waals surface area contributed by atoms with Crippen molar-refractivity contribution in [2.24, 2.45) is 4.99 Å². The van der Waals surface area contributed by atoms with Crippen LogP contribution in [0.2, 0.25) is 0 Å². The number of fused-ring (bicyclic) bond motifs is 1. The Hall–Kier alpha value is -2.22. The molecular formula is C16H18N2O5S. The Morgan fingerprint density at radius 1 is 1.46 bits per heavy atom. The van der Waals surface area contributed by atoms with E-state index in [1.54, 1.807) is 12.1 Å². The number of aromatic hydroxyl groups is 1. The van der Waals surface area contributed by atoms with Gasteiger partial charge < -0.3 is 19.8 Å². The topological polar surface area (TPSA) is 99.4 Å². The van der Waals surface area contributed by atoms with E-state index in [9.17, 15) is 19.8 Å². The molecule has 2 saturated heterocycles. The van der Waals surface area contributed by atoms with Crippen molar-refractivity contribution in [3.63, 3.8) is 0 Å².